The van der Waals surface area contributed by atoms with Crippen LogP contribution < -0.4 is 5.32 Å². The monoisotopic (exact) mass is 514 g/mol. The van der Waals surface area contributed by atoms with Gasteiger partial charge in [0.2, 0.25) is 0 Å². The van der Waals surface area contributed by atoms with E-state index < -0.39 is 44.0 Å². The Morgan fingerprint density at radius 3 is 2.82 bits per heavy atom. The lowest BCUT2D eigenvalue weighted by atomic mass is 10.1. The minimum absolute atomic E-state index is 0.0207. The molecule has 5 rings (SSSR count). The Morgan fingerprint density at radius 2 is 2.12 bits per heavy atom. The van der Waals surface area contributed by atoms with E-state index in [2.05, 4.69) is 19.9 Å². The summed E-state index contributed by atoms with van der Waals surface area (Å²) in [6.07, 6.45) is -3.85. The number of aliphatic hydroxyl groups is 2. The van der Waals surface area contributed by atoms with Gasteiger partial charge < -0.3 is 30.1 Å². The van der Waals surface area contributed by atoms with Crippen molar-refractivity contribution in [2.45, 2.75) is 49.5 Å². The minimum atomic E-state index is -4.82. The highest BCUT2D eigenvalue weighted by molar-refractivity contribution is 7.46. The fourth-order valence-electron chi connectivity index (χ4n) is 4.39. The molecule has 0 bridgehead atoms. The van der Waals surface area contributed by atoms with Crippen LogP contribution in [-0.4, -0.2) is 58.7 Å². The van der Waals surface area contributed by atoms with Crippen molar-refractivity contribution in [1.82, 2.24) is 14.8 Å². The van der Waals surface area contributed by atoms with Crippen molar-refractivity contribution >= 4 is 36.1 Å². The van der Waals surface area contributed by atoms with Crippen molar-refractivity contribution < 1.29 is 38.2 Å². The Bertz CT molecular complexity index is 1310. The van der Waals surface area contributed by atoms with E-state index in [1.54, 1.807) is 31.2 Å². The zero-order chi connectivity index (χ0) is 24.4. The van der Waals surface area contributed by atoms with Crippen LogP contribution in [0.25, 0.3) is 11.0 Å². The Labute approximate surface area is 197 Å². The highest BCUT2D eigenvalue weighted by atomic mass is 35.5. The summed E-state index contributed by atoms with van der Waals surface area (Å²) in [6.45, 7) is 1.78. The van der Waals surface area contributed by atoms with Gasteiger partial charge in [0.15, 0.2) is 11.9 Å². The number of pyridine rings is 1. The van der Waals surface area contributed by atoms with E-state index in [-0.39, 0.29) is 23.0 Å². The second kappa shape index (κ2) is 8.21. The lowest BCUT2D eigenvalue weighted by Gasteiger charge is -2.18. The van der Waals surface area contributed by atoms with Crippen LogP contribution in [0.3, 0.4) is 0 Å². The lowest BCUT2D eigenvalue weighted by Crippen LogP contribution is -2.35. The summed E-state index contributed by atoms with van der Waals surface area (Å²) >= 11 is 6.22. The van der Waals surface area contributed by atoms with Gasteiger partial charge >= 0.3 is 7.82 Å². The molecule has 6 atom stereocenters. The number of hydrogen-bond donors (Lipinski definition) is 5. The summed E-state index contributed by atoms with van der Waals surface area (Å²) < 4.78 is 37.1. The third kappa shape index (κ3) is 4.00. The number of aliphatic hydroxyl groups excluding tert-OH is 2. The predicted octanol–water partition coefficient (Wildman–Crippen LogP) is 2.27. The number of anilines is 1. The number of phosphoric acid groups is 1. The molecule has 1 spiro atoms. The van der Waals surface area contributed by atoms with Crippen LogP contribution in [0.5, 0.6) is 0 Å². The number of halogens is 2. The molecule has 11 nitrogen and oxygen atoms in total. The summed E-state index contributed by atoms with van der Waals surface area (Å²) in [7, 11) is -4.82. The zero-order valence-corrected chi connectivity index (χ0v) is 19.3. The van der Waals surface area contributed by atoms with E-state index in [1.165, 1.54) is 16.9 Å². The highest BCUT2D eigenvalue weighted by Gasteiger charge is 2.71. The van der Waals surface area contributed by atoms with Crippen LogP contribution in [0.2, 0.25) is 5.15 Å². The molecule has 182 valence electrons. The number of benzene rings is 1. The molecule has 3 aromatic rings. The van der Waals surface area contributed by atoms with E-state index in [1.807, 2.05) is 0 Å². The molecule has 1 saturated carbocycles. The largest absolute Gasteiger partial charge is 0.469 e. The van der Waals surface area contributed by atoms with Gasteiger partial charge in [-0.15, -0.1) is 0 Å². The van der Waals surface area contributed by atoms with E-state index in [0.717, 1.165) is 0 Å². The number of fused-ring (bicyclic) bond motifs is 1. The molecule has 1 aliphatic heterocycles. The molecular weight excluding hydrogens is 494 g/mol. The molecule has 34 heavy (non-hydrogen) atoms. The van der Waals surface area contributed by atoms with E-state index in [0.29, 0.717) is 16.6 Å². The first-order valence-electron chi connectivity index (χ1n) is 10.3. The first kappa shape index (κ1) is 23.6. The van der Waals surface area contributed by atoms with Crippen LogP contribution in [0.4, 0.5) is 10.1 Å². The molecule has 0 amide bonds. The van der Waals surface area contributed by atoms with Gasteiger partial charge in [0.25, 0.3) is 0 Å². The van der Waals surface area contributed by atoms with Gasteiger partial charge in [0.1, 0.15) is 34.9 Å². The molecule has 2 aliphatic rings. The first-order chi connectivity index (χ1) is 16.0. The molecule has 1 aliphatic carbocycles. The average molecular weight is 515 g/mol. The quantitative estimate of drug-likeness (QED) is 0.244. The second-order valence-corrected chi connectivity index (χ2v) is 9.97. The maximum Gasteiger partial charge on any atom is 0.469 e. The van der Waals surface area contributed by atoms with Crippen LogP contribution >= 0.6 is 19.4 Å². The maximum absolute atomic E-state index is 14.2. The van der Waals surface area contributed by atoms with Crippen molar-refractivity contribution in [3.8, 4) is 0 Å². The third-order valence-corrected chi connectivity index (χ3v) is 6.85. The number of aromatic nitrogens is 3. The fraction of sp³-hybridized carbons (Fsp3) is 0.400. The Balaban J connectivity index is 1.45. The molecular formula is C20H21ClFN4O7P. The van der Waals surface area contributed by atoms with Crippen molar-refractivity contribution in [2.24, 2.45) is 0 Å². The molecule has 2 unspecified atom stereocenters. The van der Waals surface area contributed by atoms with Gasteiger partial charge in [-0.3, -0.25) is 4.52 Å². The number of phosphoric ester groups is 1. The summed E-state index contributed by atoms with van der Waals surface area (Å²) in [5.74, 6) is -0.368. The SMILES string of the molecule is C[C@H](Nc1cc(Cl)nc2c1cnn2[C@@H]1OC2(CC2OP(=O)(O)O)[C@@H](O)[C@H]1O)c1ccccc1F. The Hall–Kier alpha value is -2.15. The molecule has 14 heteroatoms. The number of nitrogens with one attached hydrogen (secondary N) is 1. The highest BCUT2D eigenvalue weighted by Crippen LogP contribution is 2.59. The van der Waals surface area contributed by atoms with E-state index in [4.69, 9.17) is 26.1 Å². The Kier molecular flexibility index (Phi) is 5.70. The second-order valence-electron chi connectivity index (χ2n) is 8.39. The van der Waals surface area contributed by atoms with Gasteiger partial charge in [-0.2, -0.15) is 5.10 Å². The van der Waals surface area contributed by atoms with E-state index in [9.17, 15) is 19.2 Å². The smallest absolute Gasteiger partial charge is 0.387 e. The molecule has 5 N–H and O–H groups in total. The standard InChI is InChI=1S/C20H21ClFN4O7P/c1-9(10-4-2-3-5-12(10)22)24-13-6-15(21)25-18-11(13)8-23-26(18)19-16(27)17(28)20(32-19)7-14(20)33-34(29,30)31/h2-6,8-9,14,16-17,19,27-28H,7H2,1H3,(H,24,25)(H2,29,30,31)/t9-,14?,16+,17-,19+,20?/m0/s1. The predicted molar refractivity (Wildman–Crippen MR) is 117 cm³/mol. The topological polar surface area (TPSA) is 159 Å². The van der Waals surface area contributed by atoms with Crippen molar-refractivity contribution in [1.29, 1.82) is 0 Å². The summed E-state index contributed by atoms with van der Waals surface area (Å²) in [6, 6.07) is 7.47. The van der Waals surface area contributed by atoms with Gasteiger partial charge in [-0.25, -0.2) is 18.6 Å². The molecule has 1 saturated heterocycles. The van der Waals surface area contributed by atoms with Gasteiger partial charge in [0.05, 0.1) is 23.3 Å². The van der Waals surface area contributed by atoms with Crippen LogP contribution in [0, 0.1) is 5.82 Å². The number of nitrogens with zero attached hydrogens (tertiary/aromatic N) is 3. The van der Waals surface area contributed by atoms with Crippen LogP contribution in [0.15, 0.2) is 36.5 Å². The van der Waals surface area contributed by atoms with Gasteiger partial charge in [-0.05, 0) is 19.1 Å². The molecule has 3 heterocycles. The average Bonchev–Trinajstić information content (AvgIpc) is 3.14. The number of rotatable bonds is 6. The molecule has 2 fully saturated rings. The van der Waals surface area contributed by atoms with Crippen LogP contribution in [0.1, 0.15) is 31.2 Å². The van der Waals surface area contributed by atoms with Gasteiger partial charge in [0, 0.05) is 12.0 Å². The number of ether oxygens (including phenoxy) is 1. The molecule has 1 aromatic carbocycles. The summed E-state index contributed by atoms with van der Waals surface area (Å²) in [5.41, 5.74) is -0.311. The zero-order valence-electron chi connectivity index (χ0n) is 17.6. The summed E-state index contributed by atoms with van der Waals surface area (Å²) in [4.78, 5) is 22.4. The lowest BCUT2D eigenvalue weighted by molar-refractivity contribution is -0.0676. The maximum atomic E-state index is 14.2. The normalized spacial score (nSPS) is 29.6. The van der Waals surface area contributed by atoms with Crippen molar-refractivity contribution in [2.75, 3.05) is 5.32 Å². The summed E-state index contributed by atoms with van der Waals surface area (Å²) in [5, 5.41) is 29.2. The first-order valence-corrected chi connectivity index (χ1v) is 12.2. The fourth-order valence-corrected chi connectivity index (χ4v) is 5.17. The number of hydrogen-bond acceptors (Lipinski definition) is 8. The van der Waals surface area contributed by atoms with Crippen LogP contribution in [-0.2, 0) is 13.8 Å². The van der Waals surface area contributed by atoms with E-state index >= 15 is 0 Å². The Morgan fingerprint density at radius 1 is 1.38 bits per heavy atom. The molecule has 0 radical (unpaired) electrons. The minimum Gasteiger partial charge on any atom is -0.387 e. The van der Waals surface area contributed by atoms with Crippen molar-refractivity contribution in [3.63, 3.8) is 0 Å². The van der Waals surface area contributed by atoms with Gasteiger partial charge in [-0.1, -0.05) is 29.8 Å². The third-order valence-electron chi connectivity index (χ3n) is 6.13. The van der Waals surface area contributed by atoms with Crippen molar-refractivity contribution in [3.05, 3.63) is 53.1 Å². The molecule has 2 aromatic heterocycles.